The number of rotatable bonds is 5. The van der Waals surface area contributed by atoms with E-state index in [1.165, 1.54) is 0 Å². The second-order valence-corrected chi connectivity index (χ2v) is 3.19. The van der Waals surface area contributed by atoms with Gasteiger partial charge in [0.2, 0.25) is 0 Å². The number of nitrogens with zero attached hydrogens (tertiary/aromatic N) is 1. The molecule has 0 aliphatic rings. The van der Waals surface area contributed by atoms with Gasteiger partial charge >= 0.3 is 5.97 Å². The molecule has 1 aromatic carbocycles. The Labute approximate surface area is 89.1 Å². The number of hydrogen-bond donors (Lipinski definition) is 1. The van der Waals surface area contributed by atoms with Crippen LogP contribution in [0.3, 0.4) is 0 Å². The van der Waals surface area contributed by atoms with Crippen molar-refractivity contribution in [2.75, 3.05) is 18.6 Å². The summed E-state index contributed by atoms with van der Waals surface area (Å²) in [7, 11) is 1.56. The van der Waals surface area contributed by atoms with Crippen LogP contribution in [0.25, 0.3) is 0 Å². The Hall–Kier alpha value is -1.55. The van der Waals surface area contributed by atoms with Crippen LogP contribution in [0, 0.1) is 0 Å². The van der Waals surface area contributed by atoms with E-state index in [0.717, 1.165) is 5.69 Å². The molecule has 1 atom stereocenters. The summed E-state index contributed by atoms with van der Waals surface area (Å²) in [5.74, 6) is -0.872. The molecule has 0 aliphatic heterocycles. The smallest absolute Gasteiger partial charge is 0.323 e. The fraction of sp³-hybridized carbons (Fsp3) is 0.364. The van der Waals surface area contributed by atoms with Gasteiger partial charge in [0.05, 0.1) is 0 Å². The molecule has 0 bridgehead atoms. The average Bonchev–Trinajstić information content (AvgIpc) is 2.26. The van der Waals surface area contributed by atoms with Gasteiger partial charge in [-0.1, -0.05) is 18.2 Å². The summed E-state index contributed by atoms with van der Waals surface area (Å²) >= 11 is 0. The van der Waals surface area contributed by atoms with Gasteiger partial charge in [-0.25, -0.2) is 0 Å². The first kappa shape index (κ1) is 11.5. The van der Waals surface area contributed by atoms with Crippen molar-refractivity contribution in [3.05, 3.63) is 30.3 Å². The van der Waals surface area contributed by atoms with Crippen LogP contribution >= 0.6 is 0 Å². The molecule has 0 aliphatic carbocycles. The topological polar surface area (TPSA) is 49.8 Å². The summed E-state index contributed by atoms with van der Waals surface area (Å²) in [5, 5.41) is 8.79. The Morgan fingerprint density at radius 3 is 2.53 bits per heavy atom. The highest BCUT2D eigenvalue weighted by Gasteiger charge is 2.16. The molecule has 0 aromatic heterocycles. The van der Waals surface area contributed by atoms with Gasteiger partial charge in [-0.05, 0) is 19.1 Å². The van der Waals surface area contributed by atoms with Crippen molar-refractivity contribution in [2.45, 2.75) is 13.2 Å². The summed E-state index contributed by atoms with van der Waals surface area (Å²) in [4.78, 5) is 12.4. The van der Waals surface area contributed by atoms with Gasteiger partial charge in [0, 0.05) is 12.8 Å². The maximum Gasteiger partial charge on any atom is 0.323 e. The number of carbonyl (C=O) groups is 1. The molecule has 4 nitrogen and oxygen atoms in total. The van der Waals surface area contributed by atoms with Crippen LogP contribution in [0.15, 0.2) is 30.3 Å². The number of ether oxygens (including phenoxy) is 1. The van der Waals surface area contributed by atoms with Crippen molar-refractivity contribution < 1.29 is 14.6 Å². The number of para-hydroxylation sites is 1. The van der Waals surface area contributed by atoms with Crippen LogP contribution in [0.4, 0.5) is 5.69 Å². The molecule has 4 heteroatoms. The number of anilines is 1. The summed E-state index contributed by atoms with van der Waals surface area (Å²) < 4.78 is 5.13. The van der Waals surface area contributed by atoms with Crippen LogP contribution in [0.1, 0.15) is 6.92 Å². The minimum Gasteiger partial charge on any atom is -0.480 e. The lowest BCUT2D eigenvalue weighted by molar-refractivity contribution is -0.135. The van der Waals surface area contributed by atoms with E-state index in [-0.39, 0.29) is 12.8 Å². The number of carboxylic acids is 1. The van der Waals surface area contributed by atoms with E-state index in [1.54, 1.807) is 12.0 Å². The van der Waals surface area contributed by atoms with Crippen LogP contribution in [-0.2, 0) is 9.53 Å². The normalized spacial score (nSPS) is 12.1. The molecular weight excluding hydrogens is 194 g/mol. The van der Waals surface area contributed by atoms with Crippen LogP contribution in [0.2, 0.25) is 0 Å². The van der Waals surface area contributed by atoms with Crippen LogP contribution in [-0.4, -0.2) is 31.0 Å². The second kappa shape index (κ2) is 5.36. The molecule has 0 saturated heterocycles. The molecular formula is C11H15NO3. The van der Waals surface area contributed by atoms with E-state index < -0.39 is 5.97 Å². The first-order valence-electron chi connectivity index (χ1n) is 4.71. The van der Waals surface area contributed by atoms with Crippen molar-refractivity contribution in [2.24, 2.45) is 0 Å². The Bertz CT molecular complexity index is 313. The highest BCUT2D eigenvalue weighted by atomic mass is 16.5. The number of aliphatic carboxylic acids is 1. The SMILES string of the molecule is COC(C)N(CC(=O)O)c1ccccc1. The summed E-state index contributed by atoms with van der Waals surface area (Å²) in [6.45, 7) is 1.74. The third-order valence-corrected chi connectivity index (χ3v) is 2.17. The standard InChI is InChI=1S/C11H15NO3/c1-9(15-2)12(8-11(13)14)10-6-4-3-5-7-10/h3-7,9H,8H2,1-2H3,(H,13,14). The van der Waals surface area contributed by atoms with Crippen molar-refractivity contribution in [1.82, 2.24) is 0 Å². The lowest BCUT2D eigenvalue weighted by atomic mass is 10.3. The van der Waals surface area contributed by atoms with Gasteiger partial charge in [0.15, 0.2) is 0 Å². The monoisotopic (exact) mass is 209 g/mol. The Balaban J connectivity index is 2.86. The average molecular weight is 209 g/mol. The maximum absolute atomic E-state index is 10.7. The molecule has 0 saturated carbocycles. The van der Waals surface area contributed by atoms with E-state index in [9.17, 15) is 4.79 Å². The van der Waals surface area contributed by atoms with Crippen molar-refractivity contribution in [3.8, 4) is 0 Å². The number of hydrogen-bond acceptors (Lipinski definition) is 3. The van der Waals surface area contributed by atoms with E-state index in [2.05, 4.69) is 0 Å². The number of methoxy groups -OCH3 is 1. The summed E-state index contributed by atoms with van der Waals surface area (Å²) in [6, 6.07) is 9.34. The minimum absolute atomic E-state index is 0.0704. The fourth-order valence-corrected chi connectivity index (χ4v) is 1.32. The Morgan fingerprint density at radius 1 is 1.47 bits per heavy atom. The lowest BCUT2D eigenvalue weighted by Gasteiger charge is -2.28. The third kappa shape index (κ3) is 3.25. The molecule has 0 amide bonds. The molecule has 0 spiro atoms. The molecule has 1 rings (SSSR count). The predicted octanol–water partition coefficient (Wildman–Crippen LogP) is 1.57. The van der Waals surface area contributed by atoms with Gasteiger partial charge in [-0.3, -0.25) is 4.79 Å². The highest BCUT2D eigenvalue weighted by Crippen LogP contribution is 2.16. The summed E-state index contributed by atoms with van der Waals surface area (Å²) in [5.41, 5.74) is 0.842. The molecule has 15 heavy (non-hydrogen) atoms. The Kier molecular flexibility index (Phi) is 4.12. The van der Waals surface area contributed by atoms with E-state index >= 15 is 0 Å². The fourth-order valence-electron chi connectivity index (χ4n) is 1.32. The Morgan fingerprint density at radius 2 is 2.07 bits per heavy atom. The third-order valence-electron chi connectivity index (χ3n) is 2.17. The van der Waals surface area contributed by atoms with E-state index in [0.29, 0.717) is 0 Å². The zero-order chi connectivity index (χ0) is 11.3. The van der Waals surface area contributed by atoms with Gasteiger partial charge in [-0.2, -0.15) is 0 Å². The zero-order valence-corrected chi connectivity index (χ0v) is 8.88. The van der Waals surface area contributed by atoms with Crippen LogP contribution < -0.4 is 4.90 Å². The van der Waals surface area contributed by atoms with Gasteiger partial charge in [-0.15, -0.1) is 0 Å². The largest absolute Gasteiger partial charge is 0.480 e. The van der Waals surface area contributed by atoms with Crippen molar-refractivity contribution >= 4 is 11.7 Å². The lowest BCUT2D eigenvalue weighted by Crippen LogP contribution is -2.38. The second-order valence-electron chi connectivity index (χ2n) is 3.19. The molecule has 1 N–H and O–H groups in total. The molecule has 1 unspecified atom stereocenters. The van der Waals surface area contributed by atoms with Crippen LogP contribution in [0.5, 0.6) is 0 Å². The van der Waals surface area contributed by atoms with E-state index in [1.807, 2.05) is 37.3 Å². The highest BCUT2D eigenvalue weighted by molar-refractivity contribution is 5.73. The predicted molar refractivity (Wildman–Crippen MR) is 57.9 cm³/mol. The van der Waals surface area contributed by atoms with Crippen molar-refractivity contribution in [3.63, 3.8) is 0 Å². The molecule has 0 heterocycles. The number of carboxylic acid groups (broad SMARTS) is 1. The van der Waals surface area contributed by atoms with Crippen molar-refractivity contribution in [1.29, 1.82) is 0 Å². The molecule has 82 valence electrons. The molecule has 0 fully saturated rings. The van der Waals surface area contributed by atoms with Gasteiger partial charge in [0.25, 0.3) is 0 Å². The quantitative estimate of drug-likeness (QED) is 0.748. The molecule has 0 radical (unpaired) electrons. The molecule has 1 aromatic rings. The van der Waals surface area contributed by atoms with E-state index in [4.69, 9.17) is 9.84 Å². The zero-order valence-electron chi connectivity index (χ0n) is 8.88. The van der Waals surface area contributed by atoms with Gasteiger partial charge in [0.1, 0.15) is 12.8 Å². The maximum atomic E-state index is 10.7. The minimum atomic E-state index is -0.872. The first-order valence-corrected chi connectivity index (χ1v) is 4.71. The first-order chi connectivity index (χ1) is 7.15. The van der Waals surface area contributed by atoms with Gasteiger partial charge < -0.3 is 14.7 Å². The number of benzene rings is 1. The summed E-state index contributed by atoms with van der Waals surface area (Å²) in [6.07, 6.45) is -0.261.